The zero-order chi connectivity index (χ0) is 12.6. The molecule has 2 unspecified atom stereocenters. The van der Waals surface area contributed by atoms with Crippen molar-refractivity contribution in [2.45, 2.75) is 18.8 Å². The molecule has 0 aliphatic carbocycles. The van der Waals surface area contributed by atoms with E-state index in [9.17, 15) is 4.79 Å². The van der Waals surface area contributed by atoms with E-state index >= 15 is 0 Å². The number of piperidine rings is 1. The molecule has 2 N–H and O–H groups in total. The molecular formula is C14H17ClN2O. The lowest BCUT2D eigenvalue weighted by molar-refractivity contribution is -0.129. The Balaban J connectivity index is 2.01. The molecule has 1 aromatic carbocycles. The molecule has 4 heteroatoms. The minimum absolute atomic E-state index is 0.180. The van der Waals surface area contributed by atoms with Crippen molar-refractivity contribution in [2.24, 2.45) is 5.41 Å². The maximum atomic E-state index is 12.3. The summed E-state index contributed by atoms with van der Waals surface area (Å²) in [5.41, 5.74) is 0.796. The highest BCUT2D eigenvalue weighted by Gasteiger charge is 2.51. The molecule has 1 spiro atoms. The molecule has 96 valence electrons. The van der Waals surface area contributed by atoms with Crippen LogP contribution in [0.2, 0.25) is 5.02 Å². The van der Waals surface area contributed by atoms with E-state index in [4.69, 9.17) is 11.6 Å². The van der Waals surface area contributed by atoms with E-state index in [1.54, 1.807) is 0 Å². The molecule has 2 atom stereocenters. The molecule has 0 bridgehead atoms. The number of hydrogen-bond acceptors (Lipinski definition) is 2. The van der Waals surface area contributed by atoms with Crippen LogP contribution in [0, 0.1) is 5.41 Å². The Kier molecular flexibility index (Phi) is 3.04. The Hall–Kier alpha value is -1.06. The van der Waals surface area contributed by atoms with Crippen molar-refractivity contribution in [1.82, 2.24) is 10.6 Å². The minimum Gasteiger partial charge on any atom is -0.355 e. The molecule has 0 saturated carbocycles. The summed E-state index contributed by atoms with van der Waals surface area (Å²) in [6.07, 6.45) is 2.00. The number of carbonyl (C=O) groups is 1. The zero-order valence-electron chi connectivity index (χ0n) is 10.2. The lowest BCUT2D eigenvalue weighted by Gasteiger charge is -2.36. The van der Waals surface area contributed by atoms with Crippen molar-refractivity contribution >= 4 is 17.5 Å². The molecule has 1 aromatic rings. The molecule has 2 aliphatic heterocycles. The SMILES string of the molecule is O=C1NCC(c2ccccc2Cl)C12CCCNC2. The average molecular weight is 265 g/mol. The van der Waals surface area contributed by atoms with Gasteiger partial charge in [-0.25, -0.2) is 0 Å². The fraction of sp³-hybridized carbons (Fsp3) is 0.500. The van der Waals surface area contributed by atoms with Gasteiger partial charge in [-0.15, -0.1) is 0 Å². The number of rotatable bonds is 1. The van der Waals surface area contributed by atoms with Gasteiger partial charge in [-0.2, -0.15) is 0 Å². The zero-order valence-corrected chi connectivity index (χ0v) is 11.0. The predicted octanol–water partition coefficient (Wildman–Crippen LogP) is 1.92. The van der Waals surface area contributed by atoms with Gasteiger partial charge in [0.2, 0.25) is 5.91 Å². The second kappa shape index (κ2) is 4.56. The lowest BCUT2D eigenvalue weighted by Crippen LogP contribution is -2.47. The highest BCUT2D eigenvalue weighted by molar-refractivity contribution is 6.31. The van der Waals surface area contributed by atoms with Gasteiger partial charge >= 0.3 is 0 Å². The van der Waals surface area contributed by atoms with Crippen molar-refractivity contribution < 1.29 is 4.79 Å². The first-order chi connectivity index (χ1) is 8.74. The summed E-state index contributed by atoms with van der Waals surface area (Å²) in [5.74, 6) is 0.367. The molecule has 2 saturated heterocycles. The van der Waals surface area contributed by atoms with Crippen molar-refractivity contribution in [3.8, 4) is 0 Å². The number of nitrogens with one attached hydrogen (secondary N) is 2. The highest BCUT2D eigenvalue weighted by Crippen LogP contribution is 2.46. The van der Waals surface area contributed by atoms with E-state index in [0.29, 0.717) is 6.54 Å². The van der Waals surface area contributed by atoms with E-state index in [1.165, 1.54) is 0 Å². The average Bonchev–Trinajstić information content (AvgIpc) is 2.69. The van der Waals surface area contributed by atoms with Crippen molar-refractivity contribution in [3.63, 3.8) is 0 Å². The maximum Gasteiger partial charge on any atom is 0.228 e. The van der Waals surface area contributed by atoms with Crippen LogP contribution in [0.15, 0.2) is 24.3 Å². The van der Waals surface area contributed by atoms with Crippen LogP contribution >= 0.6 is 11.6 Å². The van der Waals surface area contributed by atoms with Crippen LogP contribution in [0.3, 0.4) is 0 Å². The van der Waals surface area contributed by atoms with Crippen molar-refractivity contribution in [1.29, 1.82) is 0 Å². The Morgan fingerprint density at radius 1 is 1.33 bits per heavy atom. The summed E-state index contributed by atoms with van der Waals surface area (Å²) in [6.45, 7) is 2.46. The van der Waals surface area contributed by atoms with E-state index in [1.807, 2.05) is 24.3 Å². The van der Waals surface area contributed by atoms with Gasteiger partial charge < -0.3 is 10.6 Å². The Morgan fingerprint density at radius 3 is 2.89 bits per heavy atom. The standard InChI is InChI=1S/C14H17ClN2O/c15-12-5-2-1-4-10(12)11-8-17-13(18)14(11)6-3-7-16-9-14/h1-2,4-5,11,16H,3,6-9H2,(H,17,18). The highest BCUT2D eigenvalue weighted by atomic mass is 35.5. The first kappa shape index (κ1) is 12.0. The molecule has 2 fully saturated rings. The summed E-state index contributed by atoms with van der Waals surface area (Å²) in [5, 5.41) is 7.15. The molecule has 0 radical (unpaired) electrons. The lowest BCUT2D eigenvalue weighted by atomic mass is 9.69. The van der Waals surface area contributed by atoms with E-state index < -0.39 is 0 Å². The van der Waals surface area contributed by atoms with Crippen LogP contribution in [0.4, 0.5) is 0 Å². The van der Waals surface area contributed by atoms with E-state index in [2.05, 4.69) is 10.6 Å². The number of carbonyl (C=O) groups excluding carboxylic acids is 1. The van der Waals surface area contributed by atoms with Crippen LogP contribution in [0.1, 0.15) is 24.3 Å². The van der Waals surface area contributed by atoms with Gasteiger partial charge in [0, 0.05) is 24.0 Å². The van der Waals surface area contributed by atoms with Crippen molar-refractivity contribution in [2.75, 3.05) is 19.6 Å². The number of hydrogen-bond donors (Lipinski definition) is 2. The third-order valence-corrected chi connectivity index (χ3v) is 4.63. The summed E-state index contributed by atoms with van der Waals surface area (Å²) in [6, 6.07) is 7.88. The Morgan fingerprint density at radius 2 is 2.17 bits per heavy atom. The fourth-order valence-electron chi connectivity index (χ4n) is 3.31. The number of amides is 1. The van der Waals surface area contributed by atoms with Crippen LogP contribution < -0.4 is 10.6 Å². The second-order valence-corrected chi connectivity index (χ2v) is 5.63. The van der Waals surface area contributed by atoms with Gasteiger partial charge in [0.15, 0.2) is 0 Å². The topological polar surface area (TPSA) is 41.1 Å². The summed E-state index contributed by atoms with van der Waals surface area (Å²) in [7, 11) is 0. The van der Waals surface area contributed by atoms with Crippen LogP contribution in [0.5, 0.6) is 0 Å². The second-order valence-electron chi connectivity index (χ2n) is 5.22. The smallest absolute Gasteiger partial charge is 0.228 e. The quantitative estimate of drug-likeness (QED) is 0.814. The third-order valence-electron chi connectivity index (χ3n) is 4.28. The predicted molar refractivity (Wildman–Crippen MR) is 71.7 cm³/mol. The normalized spacial score (nSPS) is 31.6. The van der Waals surface area contributed by atoms with Gasteiger partial charge in [-0.1, -0.05) is 29.8 Å². The summed E-state index contributed by atoms with van der Waals surface area (Å²) >= 11 is 6.29. The third kappa shape index (κ3) is 1.73. The van der Waals surface area contributed by atoms with Gasteiger partial charge in [-0.3, -0.25) is 4.79 Å². The summed E-state index contributed by atoms with van der Waals surface area (Å²) < 4.78 is 0. The monoisotopic (exact) mass is 264 g/mol. The van der Waals surface area contributed by atoms with Gasteiger partial charge in [0.25, 0.3) is 0 Å². The molecular weight excluding hydrogens is 248 g/mol. The van der Waals surface area contributed by atoms with Gasteiger partial charge in [0.1, 0.15) is 0 Å². The first-order valence-corrected chi connectivity index (χ1v) is 6.85. The van der Waals surface area contributed by atoms with Crippen LogP contribution in [-0.2, 0) is 4.79 Å². The first-order valence-electron chi connectivity index (χ1n) is 6.47. The van der Waals surface area contributed by atoms with E-state index in [-0.39, 0.29) is 17.2 Å². The molecule has 3 nitrogen and oxygen atoms in total. The number of halogens is 1. The van der Waals surface area contributed by atoms with Crippen LogP contribution in [0.25, 0.3) is 0 Å². The van der Waals surface area contributed by atoms with E-state index in [0.717, 1.165) is 36.5 Å². The largest absolute Gasteiger partial charge is 0.355 e. The van der Waals surface area contributed by atoms with Gasteiger partial charge in [-0.05, 0) is 31.0 Å². The fourth-order valence-corrected chi connectivity index (χ4v) is 3.58. The van der Waals surface area contributed by atoms with Gasteiger partial charge in [0.05, 0.1) is 5.41 Å². The van der Waals surface area contributed by atoms with Crippen molar-refractivity contribution in [3.05, 3.63) is 34.9 Å². The molecule has 2 heterocycles. The molecule has 0 aromatic heterocycles. The molecule has 3 rings (SSSR count). The maximum absolute atomic E-state index is 12.3. The minimum atomic E-state index is -0.302. The Bertz CT molecular complexity index is 469. The molecule has 18 heavy (non-hydrogen) atoms. The van der Waals surface area contributed by atoms with Crippen LogP contribution in [-0.4, -0.2) is 25.5 Å². The number of benzene rings is 1. The Labute approximate surface area is 112 Å². The molecule has 1 amide bonds. The summed E-state index contributed by atoms with van der Waals surface area (Å²) in [4.78, 5) is 12.3. The molecule has 2 aliphatic rings.